The number of hydrogen-bond acceptors (Lipinski definition) is 1. The van der Waals surface area contributed by atoms with Crippen LogP contribution in [-0.2, 0) is 6.18 Å². The van der Waals surface area contributed by atoms with Crippen molar-refractivity contribution in [2.75, 3.05) is 20.1 Å². The predicted octanol–water partition coefficient (Wildman–Crippen LogP) is 4.15. The molecule has 0 bridgehead atoms. The molecule has 20 heavy (non-hydrogen) atoms. The zero-order valence-corrected chi connectivity index (χ0v) is 11.7. The highest BCUT2D eigenvalue weighted by Crippen LogP contribution is 2.45. The molecule has 0 aromatic heterocycles. The summed E-state index contributed by atoms with van der Waals surface area (Å²) in [6, 6.07) is 5.97. The van der Waals surface area contributed by atoms with Crippen LogP contribution in [0.5, 0.6) is 0 Å². The number of benzene rings is 1. The van der Waals surface area contributed by atoms with Crippen LogP contribution in [0.3, 0.4) is 0 Å². The van der Waals surface area contributed by atoms with Crippen molar-refractivity contribution in [3.8, 4) is 0 Å². The van der Waals surface area contributed by atoms with E-state index in [1.807, 2.05) is 6.07 Å². The zero-order valence-electron chi connectivity index (χ0n) is 11.7. The number of likely N-dealkylation sites (tertiary alicyclic amines) is 1. The molecule has 4 heteroatoms. The molecule has 0 spiro atoms. The lowest BCUT2D eigenvalue weighted by atomic mass is 9.71. The molecule has 1 aromatic rings. The molecule has 1 nitrogen and oxygen atoms in total. The number of rotatable bonds is 1. The number of fused-ring (bicyclic) bond motifs is 1. The number of halogens is 3. The van der Waals surface area contributed by atoms with Gasteiger partial charge in [0.1, 0.15) is 0 Å². The third-order valence-corrected chi connectivity index (χ3v) is 4.92. The Kier molecular flexibility index (Phi) is 3.53. The normalized spacial score (nSPS) is 31.3. The summed E-state index contributed by atoms with van der Waals surface area (Å²) in [5.41, 5.74) is 0.369. The molecule has 0 N–H and O–H groups in total. The minimum Gasteiger partial charge on any atom is -0.306 e. The van der Waals surface area contributed by atoms with Crippen molar-refractivity contribution >= 4 is 0 Å². The van der Waals surface area contributed by atoms with Gasteiger partial charge in [-0.05, 0) is 49.3 Å². The Morgan fingerprint density at radius 3 is 2.70 bits per heavy atom. The Bertz CT molecular complexity index is 483. The van der Waals surface area contributed by atoms with Gasteiger partial charge >= 0.3 is 6.18 Å². The zero-order chi connectivity index (χ0) is 14.3. The van der Waals surface area contributed by atoms with Crippen LogP contribution in [0.4, 0.5) is 13.2 Å². The fourth-order valence-electron chi connectivity index (χ4n) is 4.05. The molecule has 2 aliphatic rings. The van der Waals surface area contributed by atoms with Crippen molar-refractivity contribution in [1.82, 2.24) is 4.90 Å². The molecule has 0 amide bonds. The summed E-state index contributed by atoms with van der Waals surface area (Å²) >= 11 is 0. The van der Waals surface area contributed by atoms with E-state index in [0.29, 0.717) is 17.8 Å². The van der Waals surface area contributed by atoms with Gasteiger partial charge in [0.05, 0.1) is 5.56 Å². The van der Waals surface area contributed by atoms with Gasteiger partial charge in [-0.1, -0.05) is 24.6 Å². The number of alkyl halides is 3. The molecule has 110 valence electrons. The maximum absolute atomic E-state index is 12.9. The second kappa shape index (κ2) is 5.06. The Hall–Kier alpha value is -1.03. The van der Waals surface area contributed by atoms with Crippen LogP contribution in [0.15, 0.2) is 24.3 Å². The first-order chi connectivity index (χ1) is 9.45. The third kappa shape index (κ3) is 2.58. The van der Waals surface area contributed by atoms with Crippen LogP contribution in [0.1, 0.15) is 36.3 Å². The van der Waals surface area contributed by atoms with Crippen LogP contribution in [-0.4, -0.2) is 25.0 Å². The third-order valence-electron chi connectivity index (χ3n) is 4.92. The Labute approximate surface area is 117 Å². The standard InChI is InChI=1S/C16H20F3N/c1-20-9-12-5-3-7-14(15(12)10-20)11-4-2-6-13(8-11)16(17,18)19/h2,4,6,8,12,14-15H,3,5,7,9-10H2,1H3/t12-,14-,15-/m1/s1. The van der Waals surface area contributed by atoms with Gasteiger partial charge in [0.2, 0.25) is 0 Å². The lowest BCUT2D eigenvalue weighted by molar-refractivity contribution is -0.137. The Morgan fingerprint density at radius 2 is 1.95 bits per heavy atom. The lowest BCUT2D eigenvalue weighted by Gasteiger charge is -2.33. The quantitative estimate of drug-likeness (QED) is 0.748. The average molecular weight is 283 g/mol. The highest BCUT2D eigenvalue weighted by atomic mass is 19.4. The van der Waals surface area contributed by atoms with E-state index in [1.165, 1.54) is 18.6 Å². The number of nitrogens with zero attached hydrogens (tertiary/aromatic N) is 1. The molecule has 1 heterocycles. The monoisotopic (exact) mass is 283 g/mol. The van der Waals surface area contributed by atoms with Gasteiger partial charge in [-0.2, -0.15) is 13.2 Å². The molecule has 0 radical (unpaired) electrons. The summed E-state index contributed by atoms with van der Waals surface area (Å²) in [7, 11) is 2.11. The second-order valence-electron chi connectivity index (χ2n) is 6.31. The highest BCUT2D eigenvalue weighted by molar-refractivity contribution is 5.29. The summed E-state index contributed by atoms with van der Waals surface area (Å²) in [6.07, 6.45) is -0.854. The molecule has 3 rings (SSSR count). The number of hydrogen-bond donors (Lipinski definition) is 0. The summed E-state index contributed by atoms with van der Waals surface area (Å²) in [5, 5.41) is 0. The molecule has 1 aliphatic heterocycles. The predicted molar refractivity (Wildman–Crippen MR) is 72.5 cm³/mol. The van der Waals surface area contributed by atoms with Gasteiger partial charge in [-0.15, -0.1) is 0 Å². The molecule has 1 saturated heterocycles. The van der Waals surface area contributed by atoms with E-state index in [4.69, 9.17) is 0 Å². The minimum absolute atomic E-state index is 0.293. The molecule has 3 atom stereocenters. The van der Waals surface area contributed by atoms with Crippen molar-refractivity contribution < 1.29 is 13.2 Å². The maximum Gasteiger partial charge on any atom is 0.416 e. The minimum atomic E-state index is -4.24. The van der Waals surface area contributed by atoms with Gasteiger partial charge in [0.25, 0.3) is 0 Å². The maximum atomic E-state index is 12.9. The van der Waals surface area contributed by atoms with Gasteiger partial charge in [-0.3, -0.25) is 0 Å². The molecule has 1 aromatic carbocycles. The average Bonchev–Trinajstić information content (AvgIpc) is 2.77. The SMILES string of the molecule is CN1C[C@H]2CCC[C@H](c3cccc(C(F)(F)F)c3)[C@@H]2C1. The van der Waals surface area contributed by atoms with Crippen LogP contribution in [0, 0.1) is 11.8 Å². The molecule has 2 fully saturated rings. The Morgan fingerprint density at radius 1 is 1.15 bits per heavy atom. The first-order valence-corrected chi connectivity index (χ1v) is 7.31. The topological polar surface area (TPSA) is 3.24 Å². The highest BCUT2D eigenvalue weighted by Gasteiger charge is 2.40. The lowest BCUT2D eigenvalue weighted by Crippen LogP contribution is -2.26. The summed E-state index contributed by atoms with van der Waals surface area (Å²) in [5.74, 6) is 1.48. The van der Waals surface area contributed by atoms with Gasteiger partial charge < -0.3 is 4.90 Å². The van der Waals surface area contributed by atoms with Crippen molar-refractivity contribution in [1.29, 1.82) is 0 Å². The van der Waals surface area contributed by atoms with Crippen LogP contribution in [0.25, 0.3) is 0 Å². The van der Waals surface area contributed by atoms with E-state index in [-0.39, 0.29) is 0 Å². The summed E-state index contributed by atoms with van der Waals surface area (Å²) in [4.78, 5) is 2.32. The van der Waals surface area contributed by atoms with Crippen LogP contribution in [0.2, 0.25) is 0 Å². The smallest absolute Gasteiger partial charge is 0.306 e. The Balaban J connectivity index is 1.88. The van der Waals surface area contributed by atoms with Gasteiger partial charge in [-0.25, -0.2) is 0 Å². The first kappa shape index (κ1) is 13.9. The van der Waals surface area contributed by atoms with E-state index < -0.39 is 11.7 Å². The van der Waals surface area contributed by atoms with E-state index in [9.17, 15) is 13.2 Å². The van der Waals surface area contributed by atoms with E-state index in [0.717, 1.165) is 31.5 Å². The van der Waals surface area contributed by atoms with Crippen molar-refractivity contribution in [2.24, 2.45) is 11.8 Å². The summed E-state index contributed by atoms with van der Waals surface area (Å²) < 4.78 is 38.6. The van der Waals surface area contributed by atoms with Crippen molar-refractivity contribution in [3.63, 3.8) is 0 Å². The fourth-order valence-corrected chi connectivity index (χ4v) is 4.05. The fraction of sp³-hybridized carbons (Fsp3) is 0.625. The molecular weight excluding hydrogens is 263 g/mol. The molecule has 0 unspecified atom stereocenters. The van der Waals surface area contributed by atoms with Crippen LogP contribution >= 0.6 is 0 Å². The molecule has 1 aliphatic carbocycles. The van der Waals surface area contributed by atoms with E-state index in [1.54, 1.807) is 6.07 Å². The largest absolute Gasteiger partial charge is 0.416 e. The van der Waals surface area contributed by atoms with Gasteiger partial charge in [0, 0.05) is 13.1 Å². The van der Waals surface area contributed by atoms with E-state index >= 15 is 0 Å². The molecule has 1 saturated carbocycles. The van der Waals surface area contributed by atoms with Crippen LogP contribution < -0.4 is 0 Å². The van der Waals surface area contributed by atoms with Crippen molar-refractivity contribution in [2.45, 2.75) is 31.4 Å². The first-order valence-electron chi connectivity index (χ1n) is 7.31. The summed E-state index contributed by atoms with van der Waals surface area (Å²) in [6.45, 7) is 2.12. The van der Waals surface area contributed by atoms with E-state index in [2.05, 4.69) is 11.9 Å². The van der Waals surface area contributed by atoms with Gasteiger partial charge in [0.15, 0.2) is 0 Å². The van der Waals surface area contributed by atoms with Crippen molar-refractivity contribution in [3.05, 3.63) is 35.4 Å². The molecular formula is C16H20F3N. The second-order valence-corrected chi connectivity index (χ2v) is 6.31.